The van der Waals surface area contributed by atoms with Crippen LogP contribution in [-0.4, -0.2) is 25.5 Å². The molecule has 7 nitrogen and oxygen atoms in total. The van der Waals surface area contributed by atoms with Gasteiger partial charge in [-0.15, -0.1) is 0 Å². The molecule has 0 atom stereocenters. The van der Waals surface area contributed by atoms with Crippen LogP contribution in [0, 0.1) is 6.92 Å². The molecule has 3 heterocycles. The van der Waals surface area contributed by atoms with Gasteiger partial charge in [0.05, 0.1) is 5.69 Å². The maximum Gasteiger partial charge on any atom is 0.287 e. The normalized spacial score (nSPS) is 11.2. The van der Waals surface area contributed by atoms with Crippen molar-refractivity contribution in [3.8, 4) is 0 Å². The Bertz CT molecular complexity index is 1100. The number of carbonyl (C=O) groups is 1. The Morgan fingerprint density at radius 3 is 2.96 bits per heavy atom. The molecular weight excluding hydrogens is 294 g/mol. The largest absolute Gasteiger partial charge is 0.361 e. The number of benzene rings is 1. The molecule has 114 valence electrons. The number of H-pyrrole nitrogens is 2. The Balaban J connectivity index is 1.71. The van der Waals surface area contributed by atoms with Gasteiger partial charge in [0, 0.05) is 29.7 Å². The molecule has 4 aromatic rings. The van der Waals surface area contributed by atoms with Crippen LogP contribution in [-0.2, 0) is 0 Å². The molecule has 0 aliphatic heterocycles. The Kier molecular flexibility index (Phi) is 2.80. The highest BCUT2D eigenvalue weighted by atomic mass is 16.2. The molecular formula is C16H13N5O2. The highest BCUT2D eigenvalue weighted by molar-refractivity contribution is 6.04. The fourth-order valence-electron chi connectivity index (χ4n) is 2.57. The van der Waals surface area contributed by atoms with Gasteiger partial charge in [-0.2, -0.15) is 9.61 Å². The lowest BCUT2D eigenvalue weighted by atomic mass is 10.2. The van der Waals surface area contributed by atoms with E-state index in [0.717, 1.165) is 10.9 Å². The minimum atomic E-state index is -0.479. The average molecular weight is 307 g/mol. The summed E-state index contributed by atoms with van der Waals surface area (Å²) in [6.45, 7) is 1.78. The second-order valence-electron chi connectivity index (χ2n) is 5.32. The van der Waals surface area contributed by atoms with E-state index < -0.39 is 11.5 Å². The standard InChI is InChI=1S/C16H13N5O2/c1-9-6-14-18-8-12(16(23)21(14)20-9)15(22)19-11-3-2-10-4-5-17-13(10)7-11/h2-8,17-18H,1H3,(H,19,22). The number of aromatic nitrogens is 4. The summed E-state index contributed by atoms with van der Waals surface area (Å²) in [6.07, 6.45) is 3.23. The van der Waals surface area contributed by atoms with Crippen LogP contribution in [0.3, 0.4) is 0 Å². The molecule has 0 aliphatic carbocycles. The first kappa shape index (κ1) is 13.3. The summed E-state index contributed by atoms with van der Waals surface area (Å²) in [4.78, 5) is 30.7. The fourth-order valence-corrected chi connectivity index (χ4v) is 2.57. The lowest BCUT2D eigenvalue weighted by Crippen LogP contribution is -2.26. The van der Waals surface area contributed by atoms with E-state index >= 15 is 0 Å². The van der Waals surface area contributed by atoms with Crippen LogP contribution >= 0.6 is 0 Å². The molecule has 3 N–H and O–H groups in total. The second-order valence-corrected chi connectivity index (χ2v) is 5.32. The summed E-state index contributed by atoms with van der Waals surface area (Å²) in [7, 11) is 0. The maximum absolute atomic E-state index is 12.4. The molecule has 0 saturated carbocycles. The molecule has 7 heteroatoms. The van der Waals surface area contributed by atoms with Crippen molar-refractivity contribution in [2.75, 3.05) is 5.32 Å². The van der Waals surface area contributed by atoms with E-state index in [1.807, 2.05) is 24.4 Å². The highest BCUT2D eigenvalue weighted by Gasteiger charge is 2.14. The Morgan fingerprint density at radius 2 is 2.09 bits per heavy atom. The van der Waals surface area contributed by atoms with Crippen molar-refractivity contribution in [2.24, 2.45) is 0 Å². The van der Waals surface area contributed by atoms with Crippen molar-refractivity contribution in [1.82, 2.24) is 19.6 Å². The van der Waals surface area contributed by atoms with E-state index in [2.05, 4.69) is 20.4 Å². The van der Waals surface area contributed by atoms with E-state index in [9.17, 15) is 9.59 Å². The van der Waals surface area contributed by atoms with Gasteiger partial charge in [0.1, 0.15) is 11.2 Å². The first-order chi connectivity index (χ1) is 11.1. The van der Waals surface area contributed by atoms with Gasteiger partial charge in [0.2, 0.25) is 0 Å². The van der Waals surface area contributed by atoms with E-state index in [0.29, 0.717) is 17.0 Å². The number of fused-ring (bicyclic) bond motifs is 2. The summed E-state index contributed by atoms with van der Waals surface area (Å²) < 4.78 is 1.19. The van der Waals surface area contributed by atoms with Gasteiger partial charge >= 0.3 is 0 Å². The van der Waals surface area contributed by atoms with E-state index in [-0.39, 0.29) is 5.56 Å². The van der Waals surface area contributed by atoms with E-state index in [1.54, 1.807) is 19.1 Å². The third-order valence-electron chi connectivity index (χ3n) is 3.68. The van der Waals surface area contributed by atoms with Crippen molar-refractivity contribution in [1.29, 1.82) is 0 Å². The van der Waals surface area contributed by atoms with Crippen molar-refractivity contribution in [2.45, 2.75) is 6.92 Å². The van der Waals surface area contributed by atoms with Crippen molar-refractivity contribution >= 4 is 28.1 Å². The second kappa shape index (κ2) is 4.84. The maximum atomic E-state index is 12.4. The third-order valence-corrected chi connectivity index (χ3v) is 3.68. The molecule has 1 amide bonds. The number of hydrogen-bond donors (Lipinski definition) is 3. The minimum Gasteiger partial charge on any atom is -0.361 e. The first-order valence-corrected chi connectivity index (χ1v) is 7.08. The first-order valence-electron chi connectivity index (χ1n) is 7.08. The number of nitrogens with zero attached hydrogens (tertiary/aromatic N) is 2. The van der Waals surface area contributed by atoms with Gasteiger partial charge in [0.15, 0.2) is 0 Å². The third kappa shape index (κ3) is 2.18. The lowest BCUT2D eigenvalue weighted by molar-refractivity contribution is 0.102. The van der Waals surface area contributed by atoms with Crippen molar-refractivity contribution < 1.29 is 4.79 Å². The molecule has 0 fully saturated rings. The molecule has 0 bridgehead atoms. The number of rotatable bonds is 2. The molecule has 0 radical (unpaired) electrons. The average Bonchev–Trinajstić information content (AvgIpc) is 3.13. The number of amides is 1. The summed E-state index contributed by atoms with van der Waals surface area (Å²) in [5.41, 5.74) is 2.33. The van der Waals surface area contributed by atoms with Crippen LogP contribution in [0.4, 0.5) is 5.69 Å². The molecule has 3 aromatic heterocycles. The van der Waals surface area contributed by atoms with Gasteiger partial charge in [0.25, 0.3) is 11.5 Å². The van der Waals surface area contributed by atoms with Gasteiger partial charge < -0.3 is 15.3 Å². The smallest absolute Gasteiger partial charge is 0.287 e. The van der Waals surface area contributed by atoms with Crippen LogP contribution in [0.2, 0.25) is 0 Å². The number of aromatic amines is 2. The van der Waals surface area contributed by atoms with E-state index in [4.69, 9.17) is 0 Å². The fraction of sp³-hybridized carbons (Fsp3) is 0.0625. The molecule has 4 rings (SSSR count). The molecule has 23 heavy (non-hydrogen) atoms. The quantitative estimate of drug-likeness (QED) is 0.529. The van der Waals surface area contributed by atoms with Gasteiger partial charge in [-0.3, -0.25) is 9.59 Å². The van der Waals surface area contributed by atoms with Gasteiger partial charge in [-0.05, 0) is 30.5 Å². The van der Waals surface area contributed by atoms with Crippen LogP contribution in [0.25, 0.3) is 16.6 Å². The number of aryl methyl sites for hydroxylation is 1. The SMILES string of the molecule is Cc1cc2[nH]cc(C(=O)Nc3ccc4cc[nH]c4c3)c(=O)n2n1. The Hall–Kier alpha value is -3.35. The zero-order chi connectivity index (χ0) is 16.0. The Morgan fingerprint density at radius 1 is 1.22 bits per heavy atom. The van der Waals surface area contributed by atoms with Crippen LogP contribution in [0.1, 0.15) is 16.1 Å². The number of carbonyl (C=O) groups excluding carboxylic acids is 1. The molecule has 0 spiro atoms. The topological polar surface area (TPSA) is 95.0 Å². The number of anilines is 1. The number of nitrogens with one attached hydrogen (secondary N) is 3. The van der Waals surface area contributed by atoms with Crippen LogP contribution < -0.4 is 10.9 Å². The van der Waals surface area contributed by atoms with E-state index in [1.165, 1.54) is 10.7 Å². The minimum absolute atomic E-state index is 0.00665. The zero-order valence-corrected chi connectivity index (χ0v) is 12.3. The van der Waals surface area contributed by atoms with Crippen molar-refractivity contribution in [3.05, 3.63) is 64.3 Å². The predicted octanol–water partition coefficient (Wildman–Crippen LogP) is 2.06. The molecule has 0 unspecified atom stereocenters. The van der Waals surface area contributed by atoms with Crippen LogP contribution in [0.15, 0.2) is 47.5 Å². The molecule has 0 saturated heterocycles. The summed E-state index contributed by atoms with van der Waals surface area (Å²) in [5, 5.41) is 7.87. The lowest BCUT2D eigenvalue weighted by Gasteiger charge is -2.05. The summed E-state index contributed by atoms with van der Waals surface area (Å²) in [6, 6.07) is 9.18. The van der Waals surface area contributed by atoms with Crippen molar-refractivity contribution in [3.63, 3.8) is 0 Å². The highest BCUT2D eigenvalue weighted by Crippen LogP contribution is 2.18. The molecule has 0 aliphatic rings. The molecule has 1 aromatic carbocycles. The monoisotopic (exact) mass is 307 g/mol. The van der Waals surface area contributed by atoms with Gasteiger partial charge in [-0.25, -0.2) is 0 Å². The summed E-state index contributed by atoms with van der Waals surface area (Å²) >= 11 is 0. The summed E-state index contributed by atoms with van der Waals surface area (Å²) in [5.74, 6) is -0.479. The Labute approximate surface area is 130 Å². The van der Waals surface area contributed by atoms with Crippen LogP contribution in [0.5, 0.6) is 0 Å². The van der Waals surface area contributed by atoms with Gasteiger partial charge in [-0.1, -0.05) is 6.07 Å². The predicted molar refractivity (Wildman–Crippen MR) is 86.8 cm³/mol. The zero-order valence-electron chi connectivity index (χ0n) is 12.3. The number of hydrogen-bond acceptors (Lipinski definition) is 3.